The number of carboxylic acids is 1. The molecule has 2 saturated heterocycles. The number of aryl methyl sites for hydroxylation is 1. The number of carboxylic acid groups (broad SMARTS) is 1. The standard InChI is InChI=1S/C15H22N4O.C2HF3O2/c1-17-10-12(8-16-17)19-14-6-7-18(9-11-2-3-11)13(14)4-5-15(19)20;3-2(4,5)1(6)7/h8,10-11,13-14H,2-7,9H2,1H3;(H,6,7)/t13-,14-;/m1./s1. The summed E-state index contributed by atoms with van der Waals surface area (Å²) in [5.74, 6) is -1.56. The number of hydrogen-bond donors (Lipinski definition) is 1. The van der Waals surface area contributed by atoms with Crippen LogP contribution < -0.4 is 4.90 Å². The molecular formula is C17H23F3N4O3. The van der Waals surface area contributed by atoms with E-state index in [2.05, 4.69) is 10.00 Å². The number of aromatic nitrogens is 2. The van der Waals surface area contributed by atoms with E-state index in [0.717, 1.165) is 31.0 Å². The second-order valence-electron chi connectivity index (χ2n) is 7.34. The molecule has 3 fully saturated rings. The fraction of sp³-hybridized carbons (Fsp3) is 0.706. The van der Waals surface area contributed by atoms with Gasteiger partial charge in [-0.3, -0.25) is 14.4 Å². The molecule has 0 unspecified atom stereocenters. The van der Waals surface area contributed by atoms with Crippen molar-refractivity contribution in [2.75, 3.05) is 18.0 Å². The number of hydrogen-bond acceptors (Lipinski definition) is 4. The number of rotatable bonds is 3. The summed E-state index contributed by atoms with van der Waals surface area (Å²) in [5, 5.41) is 11.4. The van der Waals surface area contributed by atoms with E-state index in [1.807, 2.05) is 24.3 Å². The minimum Gasteiger partial charge on any atom is -0.475 e. The van der Waals surface area contributed by atoms with Gasteiger partial charge in [0.05, 0.1) is 17.9 Å². The first-order chi connectivity index (χ1) is 12.7. The van der Waals surface area contributed by atoms with Crippen molar-refractivity contribution in [2.45, 2.75) is 50.4 Å². The van der Waals surface area contributed by atoms with E-state index in [0.29, 0.717) is 18.5 Å². The monoisotopic (exact) mass is 388 g/mol. The first kappa shape index (κ1) is 19.7. The Kier molecular flexibility index (Phi) is 5.45. The summed E-state index contributed by atoms with van der Waals surface area (Å²) in [6.45, 7) is 2.39. The maximum absolute atomic E-state index is 12.4. The van der Waals surface area contributed by atoms with E-state index in [1.54, 1.807) is 4.68 Å². The summed E-state index contributed by atoms with van der Waals surface area (Å²) in [6.07, 6.45) is 4.33. The highest BCUT2D eigenvalue weighted by atomic mass is 19.4. The maximum atomic E-state index is 12.4. The summed E-state index contributed by atoms with van der Waals surface area (Å²) in [4.78, 5) is 25.9. The van der Waals surface area contributed by atoms with E-state index in [9.17, 15) is 18.0 Å². The number of halogens is 3. The Bertz CT molecular complexity index is 702. The minimum atomic E-state index is -5.08. The van der Waals surface area contributed by atoms with Crippen molar-refractivity contribution in [3.63, 3.8) is 0 Å². The second-order valence-corrected chi connectivity index (χ2v) is 7.34. The second kappa shape index (κ2) is 7.49. The predicted molar refractivity (Wildman–Crippen MR) is 90.1 cm³/mol. The smallest absolute Gasteiger partial charge is 0.475 e. The van der Waals surface area contributed by atoms with Crippen molar-refractivity contribution >= 4 is 17.6 Å². The van der Waals surface area contributed by atoms with Gasteiger partial charge in [0.1, 0.15) is 0 Å². The number of piperidine rings is 1. The van der Waals surface area contributed by atoms with Gasteiger partial charge in [0.2, 0.25) is 5.91 Å². The largest absolute Gasteiger partial charge is 0.490 e. The zero-order valence-corrected chi connectivity index (χ0v) is 15.0. The van der Waals surface area contributed by atoms with E-state index in [1.165, 1.54) is 19.4 Å². The van der Waals surface area contributed by atoms with Crippen LogP contribution in [0.2, 0.25) is 0 Å². The van der Waals surface area contributed by atoms with Crippen molar-refractivity contribution in [2.24, 2.45) is 13.0 Å². The Morgan fingerprint density at radius 1 is 1.26 bits per heavy atom. The Labute approximate surface area is 154 Å². The molecule has 0 bridgehead atoms. The summed E-state index contributed by atoms with van der Waals surface area (Å²) in [5.41, 5.74) is 0.973. The van der Waals surface area contributed by atoms with Gasteiger partial charge in [-0.25, -0.2) is 4.79 Å². The molecule has 0 radical (unpaired) electrons. The SMILES string of the molecule is Cn1cc(N2C(=O)CC[C@@H]3[C@H]2CCN3CC2CC2)cn1.O=C(O)C(F)(F)F. The fourth-order valence-corrected chi connectivity index (χ4v) is 3.88. The molecule has 7 nitrogen and oxygen atoms in total. The van der Waals surface area contributed by atoms with Crippen LogP contribution in [0.15, 0.2) is 12.4 Å². The topological polar surface area (TPSA) is 78.7 Å². The quantitative estimate of drug-likeness (QED) is 0.857. The molecule has 1 aromatic heterocycles. The van der Waals surface area contributed by atoms with Gasteiger partial charge in [-0.1, -0.05) is 0 Å². The molecule has 2 atom stereocenters. The summed E-state index contributed by atoms with van der Waals surface area (Å²) in [6, 6.07) is 0.924. The molecule has 3 heterocycles. The van der Waals surface area contributed by atoms with Gasteiger partial charge in [-0.2, -0.15) is 18.3 Å². The van der Waals surface area contributed by atoms with Crippen molar-refractivity contribution in [3.8, 4) is 0 Å². The minimum absolute atomic E-state index is 0.271. The Hall–Kier alpha value is -2.10. The number of fused-ring (bicyclic) bond motifs is 1. The molecule has 0 aromatic carbocycles. The van der Waals surface area contributed by atoms with Crippen molar-refractivity contribution in [1.29, 1.82) is 0 Å². The molecule has 2 aliphatic heterocycles. The van der Waals surface area contributed by atoms with Crippen LogP contribution in [0.25, 0.3) is 0 Å². The van der Waals surface area contributed by atoms with Gasteiger partial charge < -0.3 is 10.0 Å². The van der Waals surface area contributed by atoms with Crippen LogP contribution in [-0.4, -0.2) is 63.0 Å². The van der Waals surface area contributed by atoms with E-state index in [4.69, 9.17) is 9.90 Å². The summed E-state index contributed by atoms with van der Waals surface area (Å²) in [7, 11) is 1.91. The highest BCUT2D eigenvalue weighted by molar-refractivity contribution is 5.94. The Balaban J connectivity index is 0.000000260. The lowest BCUT2D eigenvalue weighted by Gasteiger charge is -2.39. The highest BCUT2D eigenvalue weighted by Crippen LogP contribution is 2.38. The number of carbonyl (C=O) groups is 2. The normalized spacial score (nSPS) is 25.8. The van der Waals surface area contributed by atoms with Crippen LogP contribution in [0.4, 0.5) is 18.9 Å². The first-order valence-corrected chi connectivity index (χ1v) is 9.01. The molecule has 1 saturated carbocycles. The van der Waals surface area contributed by atoms with Crippen LogP contribution >= 0.6 is 0 Å². The molecular weight excluding hydrogens is 365 g/mol. The van der Waals surface area contributed by atoms with E-state index >= 15 is 0 Å². The van der Waals surface area contributed by atoms with Crippen LogP contribution in [-0.2, 0) is 16.6 Å². The molecule has 4 rings (SSSR count). The molecule has 1 amide bonds. The third kappa shape index (κ3) is 4.60. The van der Waals surface area contributed by atoms with Crippen LogP contribution in [0, 0.1) is 5.92 Å². The third-order valence-electron chi connectivity index (χ3n) is 5.28. The van der Waals surface area contributed by atoms with Gasteiger partial charge in [0.15, 0.2) is 0 Å². The molecule has 150 valence electrons. The zero-order chi connectivity index (χ0) is 19.8. The van der Waals surface area contributed by atoms with Gasteiger partial charge in [0.25, 0.3) is 0 Å². The zero-order valence-electron chi connectivity index (χ0n) is 15.0. The number of aliphatic carboxylic acids is 1. The number of amides is 1. The van der Waals surface area contributed by atoms with Crippen LogP contribution in [0.3, 0.4) is 0 Å². The average Bonchev–Trinajstić information content (AvgIpc) is 3.15. The van der Waals surface area contributed by atoms with E-state index in [-0.39, 0.29) is 5.91 Å². The van der Waals surface area contributed by atoms with Gasteiger partial charge >= 0.3 is 12.1 Å². The van der Waals surface area contributed by atoms with Gasteiger partial charge in [-0.05, 0) is 31.6 Å². The molecule has 0 spiro atoms. The van der Waals surface area contributed by atoms with Crippen LogP contribution in [0.5, 0.6) is 0 Å². The summed E-state index contributed by atoms with van der Waals surface area (Å²) >= 11 is 0. The van der Waals surface area contributed by atoms with Crippen molar-refractivity contribution in [1.82, 2.24) is 14.7 Å². The number of nitrogens with zero attached hydrogens (tertiary/aromatic N) is 4. The molecule has 27 heavy (non-hydrogen) atoms. The highest BCUT2D eigenvalue weighted by Gasteiger charge is 2.45. The fourth-order valence-electron chi connectivity index (χ4n) is 3.88. The number of carbonyl (C=O) groups excluding carboxylic acids is 1. The number of anilines is 1. The van der Waals surface area contributed by atoms with Crippen molar-refractivity contribution in [3.05, 3.63) is 12.4 Å². The van der Waals surface area contributed by atoms with Gasteiger partial charge in [0, 0.05) is 38.8 Å². The molecule has 1 aliphatic carbocycles. The predicted octanol–water partition coefficient (Wildman–Crippen LogP) is 2.03. The lowest BCUT2D eigenvalue weighted by Crippen LogP contribution is -2.52. The molecule has 3 aliphatic rings. The summed E-state index contributed by atoms with van der Waals surface area (Å²) < 4.78 is 33.5. The van der Waals surface area contributed by atoms with Crippen LogP contribution in [0.1, 0.15) is 32.1 Å². The van der Waals surface area contributed by atoms with Gasteiger partial charge in [-0.15, -0.1) is 0 Å². The lowest BCUT2D eigenvalue weighted by atomic mass is 9.96. The Morgan fingerprint density at radius 3 is 2.44 bits per heavy atom. The maximum Gasteiger partial charge on any atom is 0.490 e. The number of alkyl halides is 3. The third-order valence-corrected chi connectivity index (χ3v) is 5.28. The van der Waals surface area contributed by atoms with Crippen molar-refractivity contribution < 1.29 is 27.9 Å². The lowest BCUT2D eigenvalue weighted by molar-refractivity contribution is -0.192. The molecule has 1 aromatic rings. The average molecular weight is 388 g/mol. The Morgan fingerprint density at radius 2 is 1.93 bits per heavy atom. The molecule has 1 N–H and O–H groups in total. The molecule has 10 heteroatoms. The van der Waals surface area contributed by atoms with E-state index < -0.39 is 12.1 Å². The first-order valence-electron chi connectivity index (χ1n) is 9.01. The number of likely N-dealkylation sites (tertiary alicyclic amines) is 1.